The molecule has 0 aliphatic carbocycles. The lowest BCUT2D eigenvalue weighted by Gasteiger charge is -2.22. The average molecular weight is 260 g/mol. The predicted octanol–water partition coefficient (Wildman–Crippen LogP) is 2.37. The Balaban J connectivity index is 1.93. The summed E-state index contributed by atoms with van der Waals surface area (Å²) in [5.41, 5.74) is 2.01. The number of aryl methyl sites for hydroxylation is 2. The van der Waals surface area contributed by atoms with Crippen molar-refractivity contribution < 1.29 is 0 Å². The van der Waals surface area contributed by atoms with Crippen LogP contribution < -0.4 is 5.32 Å². The number of rotatable bonds is 3. The highest BCUT2D eigenvalue weighted by Crippen LogP contribution is 2.21. The predicted molar refractivity (Wildman–Crippen MR) is 70.1 cm³/mol. The monoisotopic (exact) mass is 259 g/mol. The van der Waals surface area contributed by atoms with Crippen molar-refractivity contribution in [3.63, 3.8) is 0 Å². The highest BCUT2D eigenvalue weighted by molar-refractivity contribution is 7.99. The van der Waals surface area contributed by atoms with E-state index in [9.17, 15) is 0 Å². The van der Waals surface area contributed by atoms with Gasteiger partial charge in [0.2, 0.25) is 0 Å². The number of hydrogen-bond acceptors (Lipinski definition) is 3. The van der Waals surface area contributed by atoms with Gasteiger partial charge in [-0.05, 0) is 31.3 Å². The molecule has 16 heavy (non-hydrogen) atoms. The first-order valence-electron chi connectivity index (χ1n) is 5.67. The smallest absolute Gasteiger partial charge is 0.0860 e. The summed E-state index contributed by atoms with van der Waals surface area (Å²) in [7, 11) is 1.95. The first-order chi connectivity index (χ1) is 7.68. The van der Waals surface area contributed by atoms with Gasteiger partial charge < -0.3 is 5.32 Å². The number of hydrogen-bond donors (Lipinski definition) is 1. The van der Waals surface area contributed by atoms with E-state index in [2.05, 4.69) is 10.4 Å². The first-order valence-corrected chi connectivity index (χ1v) is 7.21. The summed E-state index contributed by atoms with van der Waals surface area (Å²) in [5.74, 6) is 2.55. The van der Waals surface area contributed by atoms with Gasteiger partial charge in [-0.3, -0.25) is 4.68 Å². The van der Waals surface area contributed by atoms with Gasteiger partial charge in [0, 0.05) is 19.6 Å². The second kappa shape index (κ2) is 5.43. The Hall–Kier alpha value is -0.190. The van der Waals surface area contributed by atoms with Crippen molar-refractivity contribution >= 4 is 23.4 Å². The van der Waals surface area contributed by atoms with Crippen LogP contribution in [0.4, 0.5) is 0 Å². The van der Waals surface area contributed by atoms with E-state index in [-0.39, 0.29) is 0 Å². The van der Waals surface area contributed by atoms with Gasteiger partial charge in [0.1, 0.15) is 0 Å². The molecule has 5 heteroatoms. The minimum atomic E-state index is 0.646. The largest absolute Gasteiger partial charge is 0.308 e. The van der Waals surface area contributed by atoms with E-state index >= 15 is 0 Å². The van der Waals surface area contributed by atoms with E-state index in [1.807, 2.05) is 30.4 Å². The van der Waals surface area contributed by atoms with Gasteiger partial charge in [0.15, 0.2) is 0 Å². The first kappa shape index (κ1) is 12.3. The molecule has 1 aliphatic heterocycles. The van der Waals surface area contributed by atoms with Gasteiger partial charge in [-0.15, -0.1) is 0 Å². The van der Waals surface area contributed by atoms with Crippen LogP contribution in [-0.2, 0) is 13.6 Å². The van der Waals surface area contributed by atoms with Crippen molar-refractivity contribution in [2.45, 2.75) is 32.4 Å². The van der Waals surface area contributed by atoms with Gasteiger partial charge in [-0.1, -0.05) is 11.6 Å². The molecule has 90 valence electrons. The molecule has 0 bridgehead atoms. The maximum Gasteiger partial charge on any atom is 0.0860 e. The van der Waals surface area contributed by atoms with E-state index < -0.39 is 0 Å². The molecule has 0 atom stereocenters. The third-order valence-corrected chi connectivity index (χ3v) is 4.58. The van der Waals surface area contributed by atoms with E-state index in [0.717, 1.165) is 23.0 Å². The van der Waals surface area contributed by atoms with E-state index in [0.29, 0.717) is 6.04 Å². The van der Waals surface area contributed by atoms with Gasteiger partial charge >= 0.3 is 0 Å². The van der Waals surface area contributed by atoms with Crippen LogP contribution >= 0.6 is 23.4 Å². The van der Waals surface area contributed by atoms with Gasteiger partial charge in [0.25, 0.3) is 0 Å². The van der Waals surface area contributed by atoms with Crippen molar-refractivity contribution in [2.75, 3.05) is 11.5 Å². The van der Waals surface area contributed by atoms with Gasteiger partial charge in [-0.25, -0.2) is 0 Å². The Morgan fingerprint density at radius 2 is 2.19 bits per heavy atom. The molecule has 0 spiro atoms. The van der Waals surface area contributed by atoms with E-state index in [4.69, 9.17) is 11.6 Å². The Bertz CT molecular complexity index is 358. The summed E-state index contributed by atoms with van der Waals surface area (Å²) in [4.78, 5) is 0. The Kier molecular flexibility index (Phi) is 4.16. The fourth-order valence-corrected chi connectivity index (χ4v) is 3.35. The molecule has 2 heterocycles. The minimum absolute atomic E-state index is 0.646. The van der Waals surface area contributed by atoms with Crippen molar-refractivity contribution in [3.05, 3.63) is 16.4 Å². The van der Waals surface area contributed by atoms with Crippen LogP contribution in [0.25, 0.3) is 0 Å². The Labute approximate surface area is 106 Å². The molecule has 0 radical (unpaired) electrons. The molecular formula is C11H18ClN3S. The second-order valence-corrected chi connectivity index (χ2v) is 5.84. The molecular weight excluding hydrogens is 242 g/mol. The molecule has 0 saturated carbocycles. The molecule has 1 fully saturated rings. The molecule has 1 aromatic rings. The summed E-state index contributed by atoms with van der Waals surface area (Å²) >= 11 is 8.25. The van der Waals surface area contributed by atoms with Crippen LogP contribution in [0, 0.1) is 6.92 Å². The molecule has 1 saturated heterocycles. The normalized spacial score (nSPS) is 17.9. The number of nitrogens with zero attached hydrogens (tertiary/aromatic N) is 2. The van der Waals surface area contributed by atoms with Crippen LogP contribution in [0.2, 0.25) is 5.02 Å². The maximum atomic E-state index is 6.20. The fourth-order valence-electron chi connectivity index (χ4n) is 2.01. The average Bonchev–Trinajstić information content (AvgIpc) is 2.53. The molecule has 0 unspecified atom stereocenters. The number of thioether (sulfide) groups is 1. The Morgan fingerprint density at radius 1 is 1.50 bits per heavy atom. The van der Waals surface area contributed by atoms with E-state index in [1.54, 1.807) is 0 Å². The van der Waals surface area contributed by atoms with Crippen LogP contribution in [0.5, 0.6) is 0 Å². The molecule has 1 aliphatic rings. The van der Waals surface area contributed by atoms with Crippen LogP contribution in [0.15, 0.2) is 0 Å². The van der Waals surface area contributed by atoms with Crippen LogP contribution in [-0.4, -0.2) is 27.3 Å². The van der Waals surface area contributed by atoms with Crippen LogP contribution in [0.3, 0.4) is 0 Å². The lowest BCUT2D eigenvalue weighted by atomic mass is 10.1. The molecule has 1 N–H and O–H groups in total. The SMILES string of the molecule is Cc1nn(C)c(CNC2CCSCC2)c1Cl. The third-order valence-electron chi connectivity index (χ3n) is 3.04. The maximum absolute atomic E-state index is 6.20. The fraction of sp³-hybridized carbons (Fsp3) is 0.727. The highest BCUT2D eigenvalue weighted by Gasteiger charge is 2.15. The number of aromatic nitrogens is 2. The second-order valence-electron chi connectivity index (χ2n) is 4.24. The lowest BCUT2D eigenvalue weighted by molar-refractivity contribution is 0.471. The highest BCUT2D eigenvalue weighted by atomic mass is 35.5. The molecule has 1 aromatic heterocycles. The number of nitrogens with one attached hydrogen (secondary N) is 1. The summed E-state index contributed by atoms with van der Waals surface area (Å²) in [5, 5.41) is 8.69. The van der Waals surface area contributed by atoms with Crippen molar-refractivity contribution in [1.82, 2.24) is 15.1 Å². The summed E-state index contributed by atoms with van der Waals surface area (Å²) in [6, 6.07) is 0.646. The zero-order valence-corrected chi connectivity index (χ0v) is 11.4. The van der Waals surface area contributed by atoms with Crippen molar-refractivity contribution in [1.29, 1.82) is 0 Å². The topological polar surface area (TPSA) is 29.9 Å². The quantitative estimate of drug-likeness (QED) is 0.904. The van der Waals surface area contributed by atoms with Crippen molar-refractivity contribution in [3.8, 4) is 0 Å². The molecule has 2 rings (SSSR count). The summed E-state index contributed by atoms with van der Waals surface area (Å²) < 4.78 is 1.88. The van der Waals surface area contributed by atoms with Gasteiger partial charge in [0.05, 0.1) is 16.4 Å². The zero-order valence-electron chi connectivity index (χ0n) is 9.79. The van der Waals surface area contributed by atoms with Crippen LogP contribution in [0.1, 0.15) is 24.2 Å². The molecule has 3 nitrogen and oxygen atoms in total. The Morgan fingerprint density at radius 3 is 2.75 bits per heavy atom. The van der Waals surface area contributed by atoms with Gasteiger partial charge in [-0.2, -0.15) is 16.9 Å². The lowest BCUT2D eigenvalue weighted by Crippen LogP contribution is -2.32. The summed E-state index contributed by atoms with van der Waals surface area (Å²) in [6.45, 7) is 2.77. The molecule has 0 amide bonds. The minimum Gasteiger partial charge on any atom is -0.308 e. The summed E-state index contributed by atoms with van der Waals surface area (Å²) in [6.07, 6.45) is 2.53. The van der Waals surface area contributed by atoms with E-state index in [1.165, 1.54) is 24.3 Å². The van der Waals surface area contributed by atoms with Crippen molar-refractivity contribution in [2.24, 2.45) is 7.05 Å². The standard InChI is InChI=1S/C11H18ClN3S/c1-8-11(12)10(15(2)14-8)7-13-9-3-5-16-6-4-9/h9,13H,3-7H2,1-2H3. The zero-order chi connectivity index (χ0) is 11.5. The number of halogens is 1. The third kappa shape index (κ3) is 2.73. The molecule has 0 aromatic carbocycles.